The van der Waals surface area contributed by atoms with Crippen molar-refractivity contribution >= 4 is 27.5 Å². The maximum atomic E-state index is 13.6. The van der Waals surface area contributed by atoms with Crippen molar-refractivity contribution in [1.82, 2.24) is 9.62 Å². The van der Waals surface area contributed by atoms with Gasteiger partial charge in [-0.1, -0.05) is 24.1 Å². The van der Waals surface area contributed by atoms with Crippen LogP contribution in [0.25, 0.3) is 0 Å². The van der Waals surface area contributed by atoms with E-state index < -0.39 is 33.5 Å². The monoisotopic (exact) mass is 465 g/mol. The lowest BCUT2D eigenvalue weighted by Crippen LogP contribution is -2.45. The number of nitrogens with zero attached hydrogens (tertiary/aromatic N) is 1. The number of benzene rings is 2. The molecule has 2 aromatic rings. The molecular weight excluding hydrogens is 440 g/mol. The van der Waals surface area contributed by atoms with Crippen LogP contribution in [0.4, 0.5) is 14.5 Å². The van der Waals surface area contributed by atoms with E-state index in [0.29, 0.717) is 25.5 Å². The molecule has 1 fully saturated rings. The molecule has 0 bridgehead atoms. The van der Waals surface area contributed by atoms with Crippen molar-refractivity contribution in [3.05, 3.63) is 59.7 Å². The van der Waals surface area contributed by atoms with Gasteiger partial charge in [0.15, 0.2) is 0 Å². The van der Waals surface area contributed by atoms with E-state index in [-0.39, 0.29) is 23.2 Å². The van der Waals surface area contributed by atoms with Crippen molar-refractivity contribution in [1.29, 1.82) is 0 Å². The second kappa shape index (κ2) is 10.2. The largest absolute Gasteiger partial charge is 0.348 e. The van der Waals surface area contributed by atoms with Crippen LogP contribution in [-0.4, -0.2) is 43.7 Å². The van der Waals surface area contributed by atoms with Gasteiger partial charge in [-0.25, -0.2) is 17.2 Å². The molecule has 1 atom stereocenters. The molecule has 0 aromatic heterocycles. The molecule has 0 saturated carbocycles. The van der Waals surface area contributed by atoms with Gasteiger partial charge in [-0.15, -0.1) is 0 Å². The SMILES string of the molecule is Cc1ccc(S(=O)(=O)N2CCCC[C@H]2CCNC(=O)C(=O)Nc2ccc(F)cc2F)cc1. The average molecular weight is 466 g/mol. The zero-order chi connectivity index (χ0) is 23.3. The Labute approximate surface area is 185 Å². The fourth-order valence-corrected chi connectivity index (χ4v) is 5.35. The number of carbonyl (C=O) groups is 2. The molecule has 2 N–H and O–H groups in total. The number of carbonyl (C=O) groups excluding carboxylic acids is 2. The van der Waals surface area contributed by atoms with E-state index in [0.717, 1.165) is 30.5 Å². The highest BCUT2D eigenvalue weighted by Crippen LogP contribution is 2.27. The molecule has 0 radical (unpaired) electrons. The molecule has 1 aliphatic rings. The third-order valence-electron chi connectivity index (χ3n) is 5.35. The van der Waals surface area contributed by atoms with Crippen molar-refractivity contribution in [3.63, 3.8) is 0 Å². The van der Waals surface area contributed by atoms with E-state index >= 15 is 0 Å². The first kappa shape index (κ1) is 23.8. The number of sulfonamides is 1. The Morgan fingerprint density at radius 2 is 1.78 bits per heavy atom. The van der Waals surface area contributed by atoms with Crippen molar-refractivity contribution in [2.45, 2.75) is 43.5 Å². The average Bonchev–Trinajstić information content (AvgIpc) is 2.76. The second-order valence-electron chi connectivity index (χ2n) is 7.70. The van der Waals surface area contributed by atoms with Crippen molar-refractivity contribution in [3.8, 4) is 0 Å². The third-order valence-corrected chi connectivity index (χ3v) is 7.32. The van der Waals surface area contributed by atoms with Gasteiger partial charge >= 0.3 is 11.8 Å². The zero-order valence-corrected chi connectivity index (χ0v) is 18.4. The topological polar surface area (TPSA) is 95.6 Å². The van der Waals surface area contributed by atoms with Gasteiger partial charge in [-0.2, -0.15) is 4.31 Å². The molecule has 32 heavy (non-hydrogen) atoms. The molecule has 2 aromatic carbocycles. The number of rotatable bonds is 6. The van der Waals surface area contributed by atoms with Crippen LogP contribution < -0.4 is 10.6 Å². The normalized spacial score (nSPS) is 17.0. The van der Waals surface area contributed by atoms with Gasteiger partial charge in [-0.3, -0.25) is 9.59 Å². The van der Waals surface area contributed by atoms with Crippen LogP contribution in [0.2, 0.25) is 0 Å². The standard InChI is InChI=1S/C22H25F2N3O4S/c1-15-5-8-18(9-6-15)32(30,31)27-13-3-2-4-17(27)11-12-25-21(28)22(29)26-20-10-7-16(23)14-19(20)24/h5-10,14,17H,2-4,11-13H2,1H3,(H,25,28)(H,26,29)/t17-/m0/s1. The lowest BCUT2D eigenvalue weighted by Gasteiger charge is -2.34. The highest BCUT2D eigenvalue weighted by Gasteiger charge is 2.33. The predicted molar refractivity (Wildman–Crippen MR) is 115 cm³/mol. The van der Waals surface area contributed by atoms with Crippen molar-refractivity contribution in [2.24, 2.45) is 0 Å². The van der Waals surface area contributed by atoms with Crippen LogP contribution in [0.5, 0.6) is 0 Å². The molecule has 1 saturated heterocycles. The van der Waals surface area contributed by atoms with Gasteiger partial charge < -0.3 is 10.6 Å². The van der Waals surface area contributed by atoms with Gasteiger partial charge in [-0.05, 0) is 50.5 Å². The Morgan fingerprint density at radius 3 is 2.47 bits per heavy atom. The molecule has 3 rings (SSSR count). The lowest BCUT2D eigenvalue weighted by atomic mass is 10.0. The quantitative estimate of drug-likeness (QED) is 0.642. The van der Waals surface area contributed by atoms with E-state index in [1.807, 2.05) is 6.92 Å². The third kappa shape index (κ3) is 5.68. The number of hydrogen-bond acceptors (Lipinski definition) is 4. The van der Waals surface area contributed by atoms with Crippen LogP contribution in [0.15, 0.2) is 47.4 Å². The van der Waals surface area contributed by atoms with E-state index in [4.69, 9.17) is 0 Å². The Hall–Kier alpha value is -2.85. The number of anilines is 1. The van der Waals surface area contributed by atoms with Crippen LogP contribution in [-0.2, 0) is 19.6 Å². The van der Waals surface area contributed by atoms with Gasteiger partial charge in [0.1, 0.15) is 11.6 Å². The summed E-state index contributed by atoms with van der Waals surface area (Å²) in [6.45, 7) is 2.34. The molecule has 172 valence electrons. The fraction of sp³-hybridized carbons (Fsp3) is 0.364. The number of aryl methyl sites for hydroxylation is 1. The van der Waals surface area contributed by atoms with Gasteiger partial charge in [0.25, 0.3) is 0 Å². The highest BCUT2D eigenvalue weighted by molar-refractivity contribution is 7.89. The molecule has 0 spiro atoms. The van der Waals surface area contributed by atoms with Crippen LogP contribution >= 0.6 is 0 Å². The maximum Gasteiger partial charge on any atom is 0.313 e. The Bertz CT molecular complexity index is 1090. The highest BCUT2D eigenvalue weighted by atomic mass is 32.2. The van der Waals surface area contributed by atoms with Crippen LogP contribution in [0.3, 0.4) is 0 Å². The molecule has 7 nitrogen and oxygen atoms in total. The molecule has 10 heteroatoms. The van der Waals surface area contributed by atoms with E-state index in [9.17, 15) is 26.8 Å². The fourth-order valence-electron chi connectivity index (χ4n) is 3.63. The van der Waals surface area contributed by atoms with Crippen molar-refractivity contribution < 1.29 is 26.8 Å². The molecule has 0 unspecified atom stereocenters. The zero-order valence-electron chi connectivity index (χ0n) is 17.6. The number of hydrogen-bond donors (Lipinski definition) is 2. The minimum Gasteiger partial charge on any atom is -0.348 e. The first-order valence-corrected chi connectivity index (χ1v) is 11.8. The van der Waals surface area contributed by atoms with Gasteiger partial charge in [0.2, 0.25) is 10.0 Å². The minimum absolute atomic E-state index is 0.0722. The van der Waals surface area contributed by atoms with E-state index in [1.54, 1.807) is 24.3 Å². The smallest absolute Gasteiger partial charge is 0.313 e. The summed E-state index contributed by atoms with van der Waals surface area (Å²) in [5, 5.41) is 4.52. The number of nitrogens with one attached hydrogen (secondary N) is 2. The summed E-state index contributed by atoms with van der Waals surface area (Å²) < 4.78 is 54.2. The number of halogens is 2. The summed E-state index contributed by atoms with van der Waals surface area (Å²) in [6.07, 6.45) is 2.59. The molecule has 1 heterocycles. The van der Waals surface area contributed by atoms with E-state index in [1.165, 1.54) is 4.31 Å². The van der Waals surface area contributed by atoms with Gasteiger partial charge in [0, 0.05) is 25.2 Å². The summed E-state index contributed by atoms with van der Waals surface area (Å²) in [7, 11) is -3.67. The number of piperidine rings is 1. The summed E-state index contributed by atoms with van der Waals surface area (Å²) in [4.78, 5) is 24.2. The summed E-state index contributed by atoms with van der Waals surface area (Å²) in [5.41, 5.74) is 0.648. The summed E-state index contributed by atoms with van der Waals surface area (Å²) in [5.74, 6) is -3.88. The summed E-state index contributed by atoms with van der Waals surface area (Å²) in [6, 6.07) is 8.92. The molecule has 2 amide bonds. The number of amides is 2. The van der Waals surface area contributed by atoms with Crippen LogP contribution in [0, 0.1) is 18.6 Å². The van der Waals surface area contributed by atoms with E-state index in [2.05, 4.69) is 10.6 Å². The lowest BCUT2D eigenvalue weighted by molar-refractivity contribution is -0.136. The molecule has 1 aliphatic heterocycles. The second-order valence-corrected chi connectivity index (χ2v) is 9.59. The van der Waals surface area contributed by atoms with Gasteiger partial charge in [0.05, 0.1) is 10.6 Å². The Morgan fingerprint density at radius 1 is 1.06 bits per heavy atom. The van der Waals surface area contributed by atoms with Crippen LogP contribution in [0.1, 0.15) is 31.2 Å². The maximum absolute atomic E-state index is 13.6. The molecular formula is C22H25F2N3O4S. The minimum atomic E-state index is -3.67. The van der Waals surface area contributed by atoms with Crippen molar-refractivity contribution in [2.75, 3.05) is 18.4 Å². The first-order valence-electron chi connectivity index (χ1n) is 10.3. The first-order chi connectivity index (χ1) is 15.2. The predicted octanol–water partition coefficient (Wildman–Crippen LogP) is 2.96. The Balaban J connectivity index is 1.58. The summed E-state index contributed by atoms with van der Waals surface area (Å²) >= 11 is 0. The molecule has 0 aliphatic carbocycles. The Kier molecular flexibility index (Phi) is 7.57.